The molecule has 0 amide bonds. The average molecular weight is 155 g/mol. The number of hydrogen-bond donors (Lipinski definition) is 6. The van der Waals surface area contributed by atoms with Crippen molar-refractivity contribution in [3.05, 3.63) is 0 Å². The van der Waals surface area contributed by atoms with Crippen LogP contribution < -0.4 is 28.9 Å². The summed E-state index contributed by atoms with van der Waals surface area (Å²) in [5.74, 6) is 0. The third kappa shape index (κ3) is 1760. The molecule has 0 aliphatic heterocycles. The van der Waals surface area contributed by atoms with Gasteiger partial charge >= 0.3 is 40.5 Å². The van der Waals surface area contributed by atoms with Gasteiger partial charge in [0.05, 0.1) is 0 Å². The van der Waals surface area contributed by atoms with E-state index < -0.39 is 11.6 Å². The first-order valence-electron chi connectivity index (χ1n) is 1.10. The van der Waals surface area contributed by atoms with E-state index in [1.54, 1.807) is 0 Å². The van der Waals surface area contributed by atoms with Gasteiger partial charge in [0.2, 0.25) is 0 Å². The Kier molecular flexibility index (Phi) is 0.769. The van der Waals surface area contributed by atoms with Crippen molar-refractivity contribution in [3.8, 4) is 0 Å². The van der Waals surface area contributed by atoms with Crippen LogP contribution in [-0.4, -0.2) is 0 Å². The number of rotatable bonds is 0. The van der Waals surface area contributed by atoms with E-state index >= 15 is 0 Å². The fourth-order valence-electron chi connectivity index (χ4n) is 0. The van der Waals surface area contributed by atoms with Gasteiger partial charge in [-0.3, -0.25) is 0 Å². The summed E-state index contributed by atoms with van der Waals surface area (Å²) >= 11 is -4.54. The molecule has 6 nitrogen and oxygen atoms in total. The molecule has 12 N–H and O–H groups in total. The Morgan fingerprint density at radius 3 is 0.571 bits per heavy atom. The molecule has 0 saturated carbocycles. The van der Waals surface area contributed by atoms with Crippen LogP contribution in [0.1, 0.15) is 0 Å². The second kappa shape index (κ2) is 0.742. The Morgan fingerprint density at radius 1 is 0.571 bits per heavy atom. The van der Waals surface area contributed by atoms with Crippen LogP contribution in [0.15, 0.2) is 0 Å². The van der Waals surface area contributed by atoms with E-state index in [0.29, 0.717) is 0 Å². The van der Waals surface area contributed by atoms with E-state index in [2.05, 4.69) is 0 Å². The van der Waals surface area contributed by atoms with E-state index in [0.717, 1.165) is 0 Å². The first-order valence-corrected chi connectivity index (χ1v) is 4.52. The molecule has 0 spiro atoms. The molecular weight excluding hydrogens is 143 g/mol. The molecule has 0 aliphatic carbocycles. The van der Waals surface area contributed by atoms with Crippen LogP contribution in [0.5, 0.6) is 0 Å². The molecule has 0 rings (SSSR count). The minimum absolute atomic E-state index is 4.54. The van der Waals surface area contributed by atoms with Gasteiger partial charge in [-0.05, 0) is 0 Å². The zero-order valence-electron chi connectivity index (χ0n) is 3.78. The van der Waals surface area contributed by atoms with E-state index in [-0.39, 0.29) is 0 Å². The van der Waals surface area contributed by atoms with Crippen LogP contribution in [0.25, 0.3) is 0 Å². The Balaban J connectivity index is 4.43. The summed E-state index contributed by atoms with van der Waals surface area (Å²) in [7, 11) is 0. The normalized spacial score (nSPS) is 23.1. The molecule has 0 heterocycles. The summed E-state index contributed by atoms with van der Waals surface area (Å²) < 4.78 is 0. The molecule has 0 aromatic rings. The quantitative estimate of drug-likeness (QED) is 0.199. The molecule has 0 saturated heterocycles. The summed E-state index contributed by atoms with van der Waals surface area (Å²) in [5.41, 5.74) is 0. The van der Waals surface area contributed by atoms with Gasteiger partial charge in [-0.1, -0.05) is 0 Å². The molecule has 0 aromatic carbocycles. The molecule has 0 fully saturated rings. The molecule has 0 aliphatic rings. The van der Waals surface area contributed by atoms with E-state index in [4.69, 9.17) is 28.9 Å². The van der Waals surface area contributed by atoms with Crippen molar-refractivity contribution in [2.24, 2.45) is 28.9 Å². The fraction of sp³-hybridized carbons (Fsp3) is 0. The molecule has 7 heavy (non-hydrogen) atoms. The van der Waals surface area contributed by atoms with Gasteiger partial charge in [-0.25, -0.2) is 0 Å². The topological polar surface area (TPSA) is 156 Å². The van der Waals surface area contributed by atoms with Crippen LogP contribution in [0, 0.1) is 0 Å². The second-order valence-electron chi connectivity index (χ2n) is 1.58. The van der Waals surface area contributed by atoms with Crippen molar-refractivity contribution in [1.82, 2.24) is 0 Å². The number of hydrogen-bond acceptors (Lipinski definition) is 6. The number of nitrogens with two attached hydrogens (primary N) is 6. The van der Waals surface area contributed by atoms with Crippen molar-refractivity contribution < 1.29 is 11.6 Å². The van der Waals surface area contributed by atoms with Crippen molar-refractivity contribution in [1.29, 1.82) is 0 Å². The van der Waals surface area contributed by atoms with Crippen LogP contribution in [0.4, 0.5) is 0 Å². The summed E-state index contributed by atoms with van der Waals surface area (Å²) in [6, 6.07) is 0. The molecule has 0 bridgehead atoms. The maximum atomic E-state index is 4.85. The predicted molar refractivity (Wildman–Crippen MR) is 25.1 cm³/mol. The van der Waals surface area contributed by atoms with Gasteiger partial charge in [0.15, 0.2) is 0 Å². The predicted octanol–water partition coefficient (Wildman–Crippen LogP) is -3.55. The van der Waals surface area contributed by atoms with Crippen LogP contribution in [0.2, 0.25) is 0 Å². The summed E-state index contributed by atoms with van der Waals surface area (Å²) in [5, 5.41) is 0. The molecule has 52 valence electrons. The fourth-order valence-corrected chi connectivity index (χ4v) is 0. The van der Waals surface area contributed by atoms with Gasteiger partial charge in [0.25, 0.3) is 0 Å². The Morgan fingerprint density at radius 2 is 0.571 bits per heavy atom. The molecule has 0 aromatic heterocycles. The first-order chi connectivity index (χ1) is 2.45. The average Bonchev–Trinajstić information content (AvgIpc) is 0.592. The maximum absolute atomic E-state index is 4.85. The van der Waals surface area contributed by atoms with Crippen molar-refractivity contribution in [2.45, 2.75) is 0 Å². The van der Waals surface area contributed by atoms with E-state index in [1.807, 2.05) is 0 Å². The van der Waals surface area contributed by atoms with Crippen molar-refractivity contribution >= 4 is 0 Å². The molecule has 0 radical (unpaired) electrons. The standard InChI is InChI=1S/6H2N.Ni/h6*1H2;/q6*-1;+6. The van der Waals surface area contributed by atoms with Crippen LogP contribution >= 0.6 is 0 Å². The van der Waals surface area contributed by atoms with Gasteiger partial charge in [0.1, 0.15) is 0 Å². The van der Waals surface area contributed by atoms with E-state index in [9.17, 15) is 0 Å². The van der Waals surface area contributed by atoms with Gasteiger partial charge < -0.3 is 0 Å². The Bertz CT molecular complexity index is 62.7. The Hall–Kier alpha value is 0.254. The zero-order valence-corrected chi connectivity index (χ0v) is 4.77. The van der Waals surface area contributed by atoms with Crippen LogP contribution in [0.3, 0.4) is 0 Å². The van der Waals surface area contributed by atoms with Gasteiger partial charge in [-0.2, -0.15) is 0 Å². The molecular formula is H12N6Ni. The van der Waals surface area contributed by atoms with Crippen molar-refractivity contribution in [2.75, 3.05) is 0 Å². The Labute approximate surface area is 41.3 Å². The molecule has 0 atom stereocenters. The SMILES string of the molecule is [NH2][Ni]([NH2])([NH2])([NH2])([NH2])[NH2]. The first kappa shape index (κ1) is 7.25. The summed E-state index contributed by atoms with van der Waals surface area (Å²) in [6.07, 6.45) is 0. The van der Waals surface area contributed by atoms with E-state index in [1.165, 1.54) is 0 Å². The van der Waals surface area contributed by atoms with Crippen LogP contribution in [-0.2, 0) is 11.6 Å². The third-order valence-electron chi connectivity index (χ3n) is 0. The molecule has 0 unspecified atom stereocenters. The van der Waals surface area contributed by atoms with Crippen molar-refractivity contribution in [3.63, 3.8) is 0 Å². The molecule has 7 heteroatoms. The van der Waals surface area contributed by atoms with Gasteiger partial charge in [0, 0.05) is 0 Å². The summed E-state index contributed by atoms with van der Waals surface area (Å²) in [6.45, 7) is 0. The third-order valence-corrected chi connectivity index (χ3v) is 0. The summed E-state index contributed by atoms with van der Waals surface area (Å²) in [4.78, 5) is 29.1. The van der Waals surface area contributed by atoms with Gasteiger partial charge in [-0.15, -0.1) is 0 Å². The minimum atomic E-state index is -4.54. The monoisotopic (exact) mass is 154 g/mol. The zero-order chi connectivity index (χ0) is 6.41. The second-order valence-corrected chi connectivity index (χ2v) is 6.52.